The Labute approximate surface area is 378 Å². The number of fused-ring (bicyclic) bond motifs is 2. The van der Waals surface area contributed by atoms with Crippen molar-refractivity contribution in [2.75, 3.05) is 68.0 Å². The van der Waals surface area contributed by atoms with Gasteiger partial charge in [0.15, 0.2) is 24.0 Å². The van der Waals surface area contributed by atoms with Crippen molar-refractivity contribution in [2.24, 2.45) is 0 Å². The number of carbonyl (C=O) groups is 5. The molecule has 20 heteroatoms. The van der Waals surface area contributed by atoms with Crippen molar-refractivity contribution in [3.8, 4) is 5.75 Å². The molecule has 1 saturated carbocycles. The van der Waals surface area contributed by atoms with Crippen LogP contribution in [-0.2, 0) is 19.1 Å². The number of anilines is 4. The van der Waals surface area contributed by atoms with Crippen LogP contribution in [-0.4, -0.2) is 131 Å². The van der Waals surface area contributed by atoms with Crippen LogP contribution in [0.5, 0.6) is 5.75 Å². The molecule has 4 aromatic rings. The zero-order valence-electron chi connectivity index (χ0n) is 36.3. The first-order valence-electron chi connectivity index (χ1n) is 22.0. The molecule has 1 unspecified atom stereocenters. The Balaban J connectivity index is 0.752. The standard InChI is InChI=1S/C45H50ClFN10O8/c1-24(2)56-32-6-4-26(18-25(32)19-35(43(56)62)64-23-37(59)48-3)50-40-31(46)22-49-45(52-40)55-12-10-28(11-13-55)65-29-20-27(21-29)53-14-16-54(17-15-53)33-7-5-30-38(39(33)47)44(63)57(42(30)61)34-8-9-36(58)51-41(34)60/h4-7,18-19,22,24,27-29,34H,8-17,20-21,23H2,1-3H3,(H,48,59)(H,49,50,52)(H,51,58,60)/t27-,29-,34?. The number of hydrogen-bond acceptors (Lipinski definition) is 14. The fraction of sp³-hybridized carbons (Fsp3) is 0.467. The number of rotatable bonds is 12. The molecule has 1 aliphatic carbocycles. The van der Waals surface area contributed by atoms with Gasteiger partial charge in [-0.2, -0.15) is 4.98 Å². The summed E-state index contributed by atoms with van der Waals surface area (Å²) in [6, 6.07) is 9.24. The summed E-state index contributed by atoms with van der Waals surface area (Å²) in [5.74, 6) is -2.84. The molecule has 4 fully saturated rings. The maximum absolute atomic E-state index is 16.0. The molecule has 5 amide bonds. The summed E-state index contributed by atoms with van der Waals surface area (Å²) in [5.41, 5.74) is 0.934. The van der Waals surface area contributed by atoms with Gasteiger partial charge in [0.1, 0.15) is 11.1 Å². The molecular weight excluding hydrogens is 863 g/mol. The number of pyridine rings is 1. The molecule has 65 heavy (non-hydrogen) atoms. The van der Waals surface area contributed by atoms with E-state index in [9.17, 15) is 28.8 Å². The number of carbonyl (C=O) groups excluding carboxylic acids is 5. The molecule has 0 spiro atoms. The number of nitrogens with zero attached hydrogens (tertiary/aromatic N) is 7. The predicted molar refractivity (Wildman–Crippen MR) is 238 cm³/mol. The van der Waals surface area contributed by atoms with E-state index in [0.29, 0.717) is 73.3 Å². The number of hydrogen-bond donors (Lipinski definition) is 3. The molecule has 3 N–H and O–H groups in total. The van der Waals surface area contributed by atoms with Gasteiger partial charge in [-0.25, -0.2) is 9.37 Å². The zero-order valence-corrected chi connectivity index (χ0v) is 37.0. The Kier molecular flexibility index (Phi) is 12.2. The average Bonchev–Trinajstić information content (AvgIpc) is 3.53. The SMILES string of the molecule is CNC(=O)COc1cc2cc(Nc3nc(N4CCC(O[C@H]5C[C@H](N6CCN(c7ccc8c(c7F)C(=O)N(C7CCC(=O)NC7=O)C8=O)CC6)C5)CC4)ncc3Cl)ccc2n(C(C)C)c1=O. The third-order valence-electron chi connectivity index (χ3n) is 13.0. The smallest absolute Gasteiger partial charge is 0.293 e. The highest BCUT2D eigenvalue weighted by atomic mass is 35.5. The number of piperazine rings is 1. The quantitative estimate of drug-likeness (QED) is 0.174. The lowest BCUT2D eigenvalue weighted by atomic mass is 9.87. The van der Waals surface area contributed by atoms with Crippen LogP contribution < -0.4 is 36.0 Å². The Hall–Kier alpha value is -6.18. The molecule has 9 rings (SSSR count). The maximum atomic E-state index is 16.0. The van der Waals surface area contributed by atoms with Crippen molar-refractivity contribution in [3.05, 3.63) is 74.9 Å². The first-order valence-corrected chi connectivity index (χ1v) is 22.4. The maximum Gasteiger partial charge on any atom is 0.293 e. The van der Waals surface area contributed by atoms with E-state index in [1.54, 1.807) is 16.8 Å². The molecule has 6 heterocycles. The van der Waals surface area contributed by atoms with Crippen LogP contribution in [0.3, 0.4) is 0 Å². The Morgan fingerprint density at radius 1 is 0.938 bits per heavy atom. The lowest BCUT2D eigenvalue weighted by molar-refractivity contribution is -0.136. The molecule has 4 aliphatic heterocycles. The summed E-state index contributed by atoms with van der Waals surface area (Å²) in [6.45, 7) is 7.45. The van der Waals surface area contributed by atoms with Crippen LogP contribution in [0.25, 0.3) is 10.9 Å². The number of halogens is 2. The minimum Gasteiger partial charge on any atom is -0.478 e. The Bertz CT molecular complexity index is 2640. The second kappa shape index (κ2) is 18.0. The van der Waals surface area contributed by atoms with Gasteiger partial charge in [0.2, 0.25) is 17.8 Å². The van der Waals surface area contributed by atoms with Gasteiger partial charge in [0.05, 0.1) is 40.7 Å². The van der Waals surface area contributed by atoms with Gasteiger partial charge in [0.25, 0.3) is 23.3 Å². The number of likely N-dealkylation sites (N-methyl/N-ethyl adjacent to an activating group) is 1. The van der Waals surface area contributed by atoms with Crippen molar-refractivity contribution < 1.29 is 37.8 Å². The Morgan fingerprint density at radius 2 is 1.69 bits per heavy atom. The highest BCUT2D eigenvalue weighted by Gasteiger charge is 2.47. The van der Waals surface area contributed by atoms with E-state index in [1.807, 2.05) is 36.9 Å². The molecule has 3 saturated heterocycles. The molecule has 5 aliphatic rings. The third-order valence-corrected chi connectivity index (χ3v) is 13.3. The van der Waals surface area contributed by atoms with Crippen LogP contribution in [0.15, 0.2) is 47.4 Å². The lowest BCUT2D eigenvalue weighted by Gasteiger charge is -2.47. The van der Waals surface area contributed by atoms with E-state index in [-0.39, 0.29) is 71.7 Å². The topological polar surface area (TPSA) is 201 Å². The van der Waals surface area contributed by atoms with Gasteiger partial charge in [-0.05, 0) is 82.3 Å². The van der Waals surface area contributed by atoms with E-state index < -0.39 is 35.5 Å². The van der Waals surface area contributed by atoms with Crippen LogP contribution in [0.1, 0.15) is 79.1 Å². The molecule has 0 radical (unpaired) electrons. The monoisotopic (exact) mass is 912 g/mol. The van der Waals surface area contributed by atoms with E-state index >= 15 is 4.39 Å². The lowest BCUT2D eigenvalue weighted by Crippen LogP contribution is -2.56. The summed E-state index contributed by atoms with van der Waals surface area (Å²) >= 11 is 6.58. The number of ether oxygens (including phenoxy) is 2. The van der Waals surface area contributed by atoms with Gasteiger partial charge >= 0.3 is 0 Å². The fourth-order valence-electron chi connectivity index (χ4n) is 9.45. The highest BCUT2D eigenvalue weighted by Crippen LogP contribution is 2.37. The molecular formula is C45H50ClFN10O8. The largest absolute Gasteiger partial charge is 0.478 e. The average molecular weight is 913 g/mol. The van der Waals surface area contributed by atoms with Gasteiger partial charge in [-0.3, -0.25) is 43.9 Å². The van der Waals surface area contributed by atoms with E-state index in [4.69, 9.17) is 26.1 Å². The minimum absolute atomic E-state index is 0.00401. The van der Waals surface area contributed by atoms with Crippen LogP contribution in [0, 0.1) is 5.82 Å². The van der Waals surface area contributed by atoms with Crippen LogP contribution in [0.2, 0.25) is 5.02 Å². The fourth-order valence-corrected chi connectivity index (χ4v) is 9.59. The molecule has 18 nitrogen and oxygen atoms in total. The van der Waals surface area contributed by atoms with Crippen molar-refractivity contribution in [1.82, 2.24) is 35.0 Å². The molecule has 1 atom stereocenters. The number of piperidine rings is 2. The highest BCUT2D eigenvalue weighted by molar-refractivity contribution is 6.33. The number of aromatic nitrogens is 3. The molecule has 2 aromatic carbocycles. The summed E-state index contributed by atoms with van der Waals surface area (Å²) < 4.78 is 29.8. The summed E-state index contributed by atoms with van der Waals surface area (Å²) in [5, 5.41) is 9.05. The summed E-state index contributed by atoms with van der Waals surface area (Å²) in [7, 11) is 1.50. The molecule has 342 valence electrons. The minimum atomic E-state index is -1.16. The molecule has 0 bridgehead atoms. The first kappa shape index (κ1) is 44.0. The second-order valence-corrected chi connectivity index (χ2v) is 17.8. The van der Waals surface area contributed by atoms with Gasteiger partial charge in [-0.1, -0.05) is 11.6 Å². The van der Waals surface area contributed by atoms with Crippen molar-refractivity contribution >= 4 is 75.2 Å². The summed E-state index contributed by atoms with van der Waals surface area (Å²) in [6.07, 6.45) is 5.27. The number of imide groups is 2. The number of benzene rings is 2. The van der Waals surface area contributed by atoms with Crippen molar-refractivity contribution in [1.29, 1.82) is 0 Å². The van der Waals surface area contributed by atoms with E-state index in [1.165, 1.54) is 19.2 Å². The van der Waals surface area contributed by atoms with Crippen molar-refractivity contribution in [2.45, 2.75) is 82.7 Å². The summed E-state index contributed by atoms with van der Waals surface area (Å²) in [4.78, 5) is 92.1. The van der Waals surface area contributed by atoms with E-state index in [2.05, 4.69) is 30.7 Å². The number of nitrogens with one attached hydrogen (secondary N) is 3. The normalized spacial score (nSPS) is 21.8. The Morgan fingerprint density at radius 3 is 2.40 bits per heavy atom. The van der Waals surface area contributed by atoms with E-state index in [0.717, 1.165) is 36.0 Å². The zero-order chi connectivity index (χ0) is 45.7. The first-order chi connectivity index (χ1) is 31.3. The van der Waals surface area contributed by atoms with Gasteiger partial charge in [0, 0.05) is 75.9 Å². The van der Waals surface area contributed by atoms with Crippen LogP contribution in [0.4, 0.5) is 27.5 Å². The number of amides is 5. The predicted octanol–water partition coefficient (Wildman–Crippen LogP) is 3.77. The second-order valence-electron chi connectivity index (χ2n) is 17.4. The molecule has 2 aromatic heterocycles. The van der Waals surface area contributed by atoms with Crippen LogP contribution >= 0.6 is 11.6 Å². The van der Waals surface area contributed by atoms with Crippen molar-refractivity contribution in [3.63, 3.8) is 0 Å². The third kappa shape index (κ3) is 8.59. The van der Waals surface area contributed by atoms with Gasteiger partial charge in [-0.15, -0.1) is 0 Å². The van der Waals surface area contributed by atoms with Gasteiger partial charge < -0.3 is 34.5 Å².